The minimum absolute atomic E-state index is 0.403. The molecule has 0 unspecified atom stereocenters. The van der Waals surface area contributed by atoms with Gasteiger partial charge >= 0.3 is 5.97 Å². The lowest BCUT2D eigenvalue weighted by atomic mass is 10.0. The highest BCUT2D eigenvalue weighted by Crippen LogP contribution is 2.24. The van der Waals surface area contributed by atoms with Gasteiger partial charge in [-0.2, -0.15) is 0 Å². The second-order valence-corrected chi connectivity index (χ2v) is 9.93. The van der Waals surface area contributed by atoms with Gasteiger partial charge in [-0.1, -0.05) is 61.7 Å². The summed E-state index contributed by atoms with van der Waals surface area (Å²) >= 11 is 0. The topological polar surface area (TPSA) is 70.5 Å². The molecule has 41 heavy (non-hydrogen) atoms. The molecule has 0 amide bonds. The average molecular weight is 551 g/mol. The van der Waals surface area contributed by atoms with Crippen LogP contribution in [-0.2, 0) is 6.42 Å². The van der Waals surface area contributed by atoms with Crippen LogP contribution in [0.2, 0.25) is 0 Å². The number of hydrogen-bond donors (Lipinski definition) is 0. The van der Waals surface area contributed by atoms with Crippen LogP contribution in [0.5, 0.6) is 17.2 Å². The molecular formula is C35H38N2O4. The second-order valence-electron chi connectivity index (χ2n) is 9.93. The van der Waals surface area contributed by atoms with Gasteiger partial charge in [0.2, 0.25) is 0 Å². The van der Waals surface area contributed by atoms with Crippen molar-refractivity contribution in [3.63, 3.8) is 0 Å². The van der Waals surface area contributed by atoms with Crippen molar-refractivity contribution >= 4 is 5.97 Å². The van der Waals surface area contributed by atoms with E-state index in [1.807, 2.05) is 30.7 Å². The molecule has 212 valence electrons. The fraction of sp³-hybridized carbons (Fsp3) is 0.286. The maximum absolute atomic E-state index is 12.6. The third-order valence-corrected chi connectivity index (χ3v) is 6.61. The van der Waals surface area contributed by atoms with E-state index in [9.17, 15) is 4.79 Å². The normalized spacial score (nSPS) is 10.8. The van der Waals surface area contributed by atoms with Gasteiger partial charge in [0.25, 0.3) is 0 Å². The Hall–Kier alpha value is -4.32. The number of hydrogen-bond acceptors (Lipinski definition) is 6. The first-order chi connectivity index (χ1) is 20.1. The molecule has 1 heterocycles. The number of aryl methyl sites for hydroxylation is 2. The van der Waals surface area contributed by atoms with Crippen molar-refractivity contribution in [1.82, 2.24) is 9.97 Å². The van der Waals surface area contributed by atoms with Gasteiger partial charge < -0.3 is 14.2 Å². The molecule has 0 spiro atoms. The van der Waals surface area contributed by atoms with E-state index in [0.29, 0.717) is 36.0 Å². The van der Waals surface area contributed by atoms with Crippen LogP contribution in [-0.4, -0.2) is 29.2 Å². The monoisotopic (exact) mass is 550 g/mol. The molecule has 3 aromatic carbocycles. The Morgan fingerprint density at radius 1 is 0.707 bits per heavy atom. The molecule has 0 radical (unpaired) electrons. The van der Waals surface area contributed by atoms with E-state index >= 15 is 0 Å². The number of unbranched alkanes of at least 4 members (excludes halogenated alkanes) is 5. The fourth-order valence-electron chi connectivity index (χ4n) is 4.19. The van der Waals surface area contributed by atoms with E-state index < -0.39 is 5.97 Å². The molecule has 0 saturated heterocycles. The molecule has 1 aromatic heterocycles. The zero-order valence-electron chi connectivity index (χ0n) is 23.8. The van der Waals surface area contributed by atoms with E-state index in [4.69, 9.17) is 14.2 Å². The predicted octanol–water partition coefficient (Wildman–Crippen LogP) is 8.05. The maximum Gasteiger partial charge on any atom is 0.343 e. The van der Waals surface area contributed by atoms with Crippen LogP contribution < -0.4 is 14.2 Å². The number of benzene rings is 3. The van der Waals surface area contributed by atoms with Crippen LogP contribution in [0.3, 0.4) is 0 Å². The van der Waals surface area contributed by atoms with E-state index in [-0.39, 0.29) is 0 Å². The average Bonchev–Trinajstić information content (AvgIpc) is 3.00. The van der Waals surface area contributed by atoms with Crippen LogP contribution in [0.25, 0.3) is 11.1 Å². The van der Waals surface area contributed by atoms with Crippen molar-refractivity contribution in [2.75, 3.05) is 13.2 Å². The third-order valence-electron chi connectivity index (χ3n) is 6.61. The molecule has 4 aromatic rings. The molecular weight excluding hydrogens is 512 g/mol. The molecule has 6 heteroatoms. The Kier molecular flexibility index (Phi) is 11.6. The van der Waals surface area contributed by atoms with E-state index in [1.54, 1.807) is 36.7 Å². The van der Waals surface area contributed by atoms with Crippen molar-refractivity contribution in [1.29, 1.82) is 0 Å². The molecule has 6 nitrogen and oxygen atoms in total. The van der Waals surface area contributed by atoms with Crippen molar-refractivity contribution in [2.45, 2.75) is 51.9 Å². The number of aromatic nitrogens is 2. The second kappa shape index (κ2) is 16.1. The number of nitrogens with zero attached hydrogens (tertiary/aromatic N) is 2. The third kappa shape index (κ3) is 9.98. The van der Waals surface area contributed by atoms with Crippen LogP contribution in [0, 0.1) is 20.3 Å². The highest BCUT2D eigenvalue weighted by molar-refractivity contribution is 5.91. The van der Waals surface area contributed by atoms with Crippen molar-refractivity contribution in [3.05, 3.63) is 115 Å². The first-order valence-electron chi connectivity index (χ1n) is 14.3. The van der Waals surface area contributed by atoms with Gasteiger partial charge in [0.1, 0.15) is 17.3 Å². The van der Waals surface area contributed by atoms with Crippen molar-refractivity contribution < 1.29 is 19.0 Å². The summed E-state index contributed by atoms with van der Waals surface area (Å²) in [4.78, 5) is 21.4. The number of ether oxygens (including phenoxy) is 3. The highest BCUT2D eigenvalue weighted by atomic mass is 16.5. The maximum atomic E-state index is 12.6. The van der Waals surface area contributed by atoms with Gasteiger partial charge in [-0.25, -0.2) is 14.8 Å². The summed E-state index contributed by atoms with van der Waals surface area (Å²) in [5.41, 5.74) is 3.88. The summed E-state index contributed by atoms with van der Waals surface area (Å²) < 4.78 is 17.1. The minimum Gasteiger partial charge on any atom is -0.494 e. The zero-order valence-corrected chi connectivity index (χ0v) is 23.8. The predicted molar refractivity (Wildman–Crippen MR) is 162 cm³/mol. The van der Waals surface area contributed by atoms with E-state index in [1.165, 1.54) is 5.56 Å². The Labute approximate surface area is 243 Å². The molecule has 0 N–H and O–H groups in total. The van der Waals surface area contributed by atoms with Gasteiger partial charge in [0, 0.05) is 6.42 Å². The van der Waals surface area contributed by atoms with Gasteiger partial charge in [-0.15, -0.1) is 12.8 Å². The van der Waals surface area contributed by atoms with Crippen LogP contribution in [0.4, 0.5) is 0 Å². The lowest BCUT2D eigenvalue weighted by Gasteiger charge is -2.09. The van der Waals surface area contributed by atoms with E-state index in [2.05, 4.69) is 48.1 Å². The molecule has 0 aliphatic carbocycles. The lowest BCUT2D eigenvalue weighted by molar-refractivity contribution is 0.0734. The summed E-state index contributed by atoms with van der Waals surface area (Å²) in [7, 11) is 0. The number of esters is 1. The SMILES string of the molecule is [CH2+][CH-]CCCCCOc1cnc(CCCCOc2ccc(C(=O)Oc3ccc(-c4ccc(C)cc4)cc3)cc2)nc1. The smallest absolute Gasteiger partial charge is 0.343 e. The van der Waals surface area contributed by atoms with Gasteiger partial charge in [-0.3, -0.25) is 0 Å². The molecule has 0 bridgehead atoms. The molecule has 0 aliphatic heterocycles. The standard InChI is InChI=1S/C35H38N2O4/c1-3-4-5-6-8-23-40-33-25-36-34(37-26-33)10-7-9-24-39-31-19-17-30(18-20-31)35(38)41-32-21-15-29(16-22-32)28-13-11-27(2)12-14-28/h3,11-22,25-26H,1,4-10,23-24H2,2H3. The van der Waals surface area contributed by atoms with Gasteiger partial charge in [-0.05, 0) is 73.7 Å². The van der Waals surface area contributed by atoms with E-state index in [0.717, 1.165) is 61.9 Å². The summed E-state index contributed by atoms with van der Waals surface area (Å²) in [5.74, 6) is 2.33. The van der Waals surface area contributed by atoms with Crippen LogP contribution >= 0.6 is 0 Å². The molecule has 0 fully saturated rings. The zero-order chi connectivity index (χ0) is 28.7. The minimum atomic E-state index is -0.403. The molecule has 4 rings (SSSR count). The molecule has 0 aliphatic rings. The van der Waals surface area contributed by atoms with Gasteiger partial charge in [0.15, 0.2) is 5.75 Å². The van der Waals surface area contributed by atoms with Crippen LogP contribution in [0.15, 0.2) is 85.2 Å². The summed E-state index contributed by atoms with van der Waals surface area (Å²) in [6.07, 6.45) is 12.4. The Morgan fingerprint density at radius 2 is 1.29 bits per heavy atom. The first kappa shape index (κ1) is 29.7. The Bertz CT molecular complexity index is 1320. The van der Waals surface area contributed by atoms with Crippen LogP contribution in [0.1, 0.15) is 60.3 Å². The Balaban J connectivity index is 1.12. The van der Waals surface area contributed by atoms with Crippen molar-refractivity contribution in [3.8, 4) is 28.4 Å². The lowest BCUT2D eigenvalue weighted by Crippen LogP contribution is -2.08. The Morgan fingerprint density at radius 3 is 1.95 bits per heavy atom. The first-order valence-corrected chi connectivity index (χ1v) is 14.3. The number of carbonyl (C=O) groups excluding carboxylic acids is 1. The number of carbonyl (C=O) groups is 1. The largest absolute Gasteiger partial charge is 0.494 e. The number of rotatable bonds is 16. The summed E-state index contributed by atoms with van der Waals surface area (Å²) in [6, 6.07) is 22.9. The highest BCUT2D eigenvalue weighted by Gasteiger charge is 2.09. The van der Waals surface area contributed by atoms with Gasteiger partial charge in [0.05, 0.1) is 31.2 Å². The summed E-state index contributed by atoms with van der Waals surface area (Å²) in [5, 5.41) is 0. The molecule has 0 atom stereocenters. The summed E-state index contributed by atoms with van der Waals surface area (Å²) in [6.45, 7) is 7.06. The van der Waals surface area contributed by atoms with Crippen molar-refractivity contribution in [2.24, 2.45) is 0 Å². The quantitative estimate of drug-likeness (QED) is 0.0608. The fourth-order valence-corrected chi connectivity index (χ4v) is 4.19. The molecule has 0 saturated carbocycles.